The first kappa shape index (κ1) is 24.9. The fourth-order valence-electron chi connectivity index (χ4n) is 4.48. The van der Waals surface area contributed by atoms with Gasteiger partial charge in [-0.15, -0.1) is 99.0 Å². The van der Waals surface area contributed by atoms with E-state index in [-0.39, 0.29) is 25.8 Å². The van der Waals surface area contributed by atoms with Crippen LogP contribution in [-0.4, -0.2) is 0 Å². The molecule has 0 bridgehead atoms. The van der Waals surface area contributed by atoms with Crippen LogP contribution in [0.1, 0.15) is 25.3 Å². The molecular formula is C34H29Hf-3. The molecule has 0 unspecified atom stereocenters. The Bertz CT molecular complexity index is 1510. The number of rotatable bonds is 1. The van der Waals surface area contributed by atoms with E-state index < -0.39 is 0 Å². The summed E-state index contributed by atoms with van der Waals surface area (Å²) in [7, 11) is 0. The van der Waals surface area contributed by atoms with E-state index in [2.05, 4.69) is 147 Å². The Balaban J connectivity index is 0.000000130. The molecule has 0 atom stereocenters. The maximum atomic E-state index is 2.32. The maximum Gasteiger partial charge on any atom is 0 e. The fourth-order valence-corrected chi connectivity index (χ4v) is 4.48. The Labute approximate surface area is 226 Å². The maximum absolute atomic E-state index is 2.32. The van der Waals surface area contributed by atoms with Crippen molar-refractivity contribution in [2.75, 3.05) is 0 Å². The molecule has 0 aliphatic heterocycles. The monoisotopic (exact) mass is 617 g/mol. The fraction of sp³-hybridized carbons (Fsp3) is 0.0882. The Hall–Kier alpha value is -3.16. The van der Waals surface area contributed by atoms with Gasteiger partial charge in [0, 0.05) is 25.8 Å². The first-order valence-corrected chi connectivity index (χ1v) is 12.0. The number of hydrogen-bond donors (Lipinski definition) is 0. The summed E-state index contributed by atoms with van der Waals surface area (Å²) in [6.07, 6.45) is 0. The van der Waals surface area contributed by atoms with Gasteiger partial charge in [0.15, 0.2) is 0 Å². The Kier molecular flexibility index (Phi) is 8.21. The molecule has 0 aliphatic rings. The van der Waals surface area contributed by atoms with Crippen molar-refractivity contribution in [2.45, 2.75) is 19.8 Å². The SMILES string of the molecule is CC(C)c1ccc2c(c1)[cH-]c1ccccc12.[Hf].c1ccc2[cH-]ccc2c1.c1ccc2[cH-]ccc2c1. The van der Waals surface area contributed by atoms with Gasteiger partial charge in [-0.1, -0.05) is 61.9 Å². The molecule has 7 rings (SSSR count). The van der Waals surface area contributed by atoms with E-state index in [1.165, 1.54) is 48.7 Å². The predicted molar refractivity (Wildman–Crippen MR) is 150 cm³/mol. The molecule has 7 aromatic rings. The van der Waals surface area contributed by atoms with Crippen LogP contribution in [0.2, 0.25) is 0 Å². The van der Waals surface area contributed by atoms with Gasteiger partial charge >= 0.3 is 0 Å². The third-order valence-electron chi connectivity index (χ3n) is 6.40. The second-order valence-electron chi connectivity index (χ2n) is 9.04. The van der Waals surface area contributed by atoms with Crippen LogP contribution in [-0.2, 0) is 25.8 Å². The smallest absolute Gasteiger partial charge is 0 e. The Morgan fingerprint density at radius 3 is 1.60 bits per heavy atom. The van der Waals surface area contributed by atoms with Gasteiger partial charge < -0.3 is 0 Å². The van der Waals surface area contributed by atoms with Crippen LogP contribution in [0.15, 0.2) is 133 Å². The summed E-state index contributed by atoms with van der Waals surface area (Å²) in [4.78, 5) is 0. The van der Waals surface area contributed by atoms with E-state index in [0.717, 1.165) is 0 Å². The minimum absolute atomic E-state index is 0. The van der Waals surface area contributed by atoms with Gasteiger partial charge in [-0.05, 0) is 5.92 Å². The molecule has 0 N–H and O–H groups in total. The summed E-state index contributed by atoms with van der Waals surface area (Å²) < 4.78 is 0. The predicted octanol–water partition coefficient (Wildman–Crippen LogP) is 9.95. The molecule has 35 heavy (non-hydrogen) atoms. The Morgan fingerprint density at radius 1 is 0.514 bits per heavy atom. The van der Waals surface area contributed by atoms with Crippen molar-refractivity contribution in [3.8, 4) is 0 Å². The summed E-state index contributed by atoms with van der Waals surface area (Å²) in [6.45, 7) is 4.48. The van der Waals surface area contributed by atoms with Crippen LogP contribution in [0.3, 0.4) is 0 Å². The summed E-state index contributed by atoms with van der Waals surface area (Å²) in [5.41, 5.74) is 1.42. The molecule has 0 heterocycles. The van der Waals surface area contributed by atoms with Gasteiger partial charge in [-0.2, -0.15) is 35.0 Å². The zero-order valence-electron chi connectivity index (χ0n) is 20.3. The number of hydrogen-bond acceptors (Lipinski definition) is 0. The molecular weight excluding hydrogens is 587 g/mol. The minimum Gasteiger partial charge on any atom is -0.168 e. The van der Waals surface area contributed by atoms with Gasteiger partial charge in [-0.25, -0.2) is 0 Å². The van der Waals surface area contributed by atoms with E-state index in [1.54, 1.807) is 0 Å². The zero-order valence-corrected chi connectivity index (χ0v) is 23.9. The first-order valence-electron chi connectivity index (χ1n) is 12.0. The average molecular weight is 616 g/mol. The van der Waals surface area contributed by atoms with Crippen LogP contribution in [0.5, 0.6) is 0 Å². The molecule has 0 nitrogen and oxygen atoms in total. The van der Waals surface area contributed by atoms with E-state index in [0.29, 0.717) is 5.92 Å². The van der Waals surface area contributed by atoms with Crippen molar-refractivity contribution >= 4 is 43.1 Å². The van der Waals surface area contributed by atoms with Gasteiger partial charge in [-0.3, -0.25) is 0 Å². The van der Waals surface area contributed by atoms with Crippen LogP contribution in [0, 0.1) is 0 Å². The second kappa shape index (κ2) is 11.5. The second-order valence-corrected chi connectivity index (χ2v) is 9.04. The first-order chi connectivity index (χ1) is 16.7. The molecule has 0 amide bonds. The van der Waals surface area contributed by atoms with Crippen molar-refractivity contribution < 1.29 is 25.8 Å². The summed E-state index contributed by atoms with van der Waals surface area (Å²) >= 11 is 0. The van der Waals surface area contributed by atoms with Crippen molar-refractivity contribution in [1.82, 2.24) is 0 Å². The molecule has 0 radical (unpaired) electrons. The molecule has 1 heteroatoms. The standard InChI is InChI=1S/C16H15.2C9H7.Hf/c1-11(2)12-7-8-16-14(9-12)10-13-5-3-4-6-15(13)16;2*1-2-5-9-7-3-6-8(9)4-1;/h3-11H,1-2H3;2*1-7H;/q3*-1;. The van der Waals surface area contributed by atoms with Crippen LogP contribution >= 0.6 is 0 Å². The van der Waals surface area contributed by atoms with Gasteiger partial charge in [0.25, 0.3) is 0 Å². The summed E-state index contributed by atoms with van der Waals surface area (Å²) in [5.74, 6) is 0.599. The Morgan fingerprint density at radius 2 is 1.03 bits per heavy atom. The third kappa shape index (κ3) is 5.74. The van der Waals surface area contributed by atoms with Crippen molar-refractivity contribution in [1.29, 1.82) is 0 Å². The molecule has 0 saturated heterocycles. The topological polar surface area (TPSA) is 0 Å². The number of benzene rings is 4. The quantitative estimate of drug-likeness (QED) is 0.127. The number of fused-ring (bicyclic) bond motifs is 5. The third-order valence-corrected chi connectivity index (χ3v) is 6.40. The molecule has 0 saturated carbocycles. The molecule has 0 aromatic heterocycles. The van der Waals surface area contributed by atoms with E-state index >= 15 is 0 Å². The van der Waals surface area contributed by atoms with E-state index in [1.807, 2.05) is 0 Å². The van der Waals surface area contributed by atoms with Crippen molar-refractivity contribution in [3.63, 3.8) is 0 Å². The summed E-state index contributed by atoms with van der Waals surface area (Å²) in [6, 6.07) is 47.1. The molecule has 172 valence electrons. The van der Waals surface area contributed by atoms with Crippen molar-refractivity contribution in [3.05, 3.63) is 139 Å². The van der Waals surface area contributed by atoms with Crippen LogP contribution in [0.25, 0.3) is 43.1 Å². The van der Waals surface area contributed by atoms with Gasteiger partial charge in [0.1, 0.15) is 0 Å². The largest absolute Gasteiger partial charge is 0.168 e. The van der Waals surface area contributed by atoms with Gasteiger partial charge in [0.2, 0.25) is 0 Å². The average Bonchev–Trinajstić information content (AvgIpc) is 3.62. The van der Waals surface area contributed by atoms with Crippen LogP contribution < -0.4 is 0 Å². The van der Waals surface area contributed by atoms with E-state index in [9.17, 15) is 0 Å². The molecule has 7 aromatic carbocycles. The summed E-state index contributed by atoms with van der Waals surface area (Å²) in [5, 5.41) is 10.8. The zero-order chi connectivity index (χ0) is 23.3. The normalized spacial score (nSPS) is 10.6. The molecule has 0 fully saturated rings. The van der Waals surface area contributed by atoms with Crippen molar-refractivity contribution in [2.24, 2.45) is 0 Å². The van der Waals surface area contributed by atoms with Crippen LogP contribution in [0.4, 0.5) is 0 Å². The minimum atomic E-state index is 0. The molecule has 0 spiro atoms. The van der Waals surface area contributed by atoms with E-state index in [4.69, 9.17) is 0 Å². The van der Waals surface area contributed by atoms with Gasteiger partial charge in [0.05, 0.1) is 0 Å². The molecule has 0 aliphatic carbocycles.